The van der Waals surface area contributed by atoms with Gasteiger partial charge in [0, 0.05) is 19.7 Å². The Balaban J connectivity index is 2.82. The van der Waals surface area contributed by atoms with Crippen LogP contribution in [0.1, 0.15) is 29.4 Å². The van der Waals surface area contributed by atoms with E-state index in [0.717, 1.165) is 24.2 Å². The predicted molar refractivity (Wildman–Crippen MR) is 67.9 cm³/mol. The Morgan fingerprint density at radius 3 is 2.76 bits per heavy atom. The zero-order valence-corrected chi connectivity index (χ0v) is 11.2. The van der Waals surface area contributed by atoms with Gasteiger partial charge in [-0.25, -0.2) is 0 Å². The smallest absolute Gasteiger partial charge is 0.299 e. The van der Waals surface area contributed by atoms with Crippen LogP contribution in [-0.4, -0.2) is 29.3 Å². The lowest BCUT2D eigenvalue weighted by Crippen LogP contribution is -2.26. The lowest BCUT2D eigenvalue weighted by Gasteiger charge is -2.14. The summed E-state index contributed by atoms with van der Waals surface area (Å²) in [6, 6.07) is 1.23. The maximum absolute atomic E-state index is 11.9. The normalized spacial score (nSPS) is 10.3. The van der Waals surface area contributed by atoms with Crippen LogP contribution in [0.2, 0.25) is 4.34 Å². The summed E-state index contributed by atoms with van der Waals surface area (Å²) in [5, 5.41) is 10.6. The van der Waals surface area contributed by atoms with Crippen LogP contribution in [0.4, 0.5) is 5.69 Å². The van der Waals surface area contributed by atoms with Crippen LogP contribution in [0.15, 0.2) is 6.07 Å². The molecule has 0 aromatic carbocycles. The van der Waals surface area contributed by atoms with E-state index in [1.807, 2.05) is 6.92 Å². The molecule has 94 valence electrons. The Kier molecular flexibility index (Phi) is 4.89. The van der Waals surface area contributed by atoms with Crippen molar-refractivity contribution in [3.8, 4) is 0 Å². The molecule has 7 heteroatoms. The second-order valence-electron chi connectivity index (χ2n) is 3.61. The van der Waals surface area contributed by atoms with Gasteiger partial charge in [-0.1, -0.05) is 24.9 Å². The van der Waals surface area contributed by atoms with Gasteiger partial charge >= 0.3 is 0 Å². The molecule has 0 aliphatic rings. The number of nitro groups is 1. The number of hydrogen-bond acceptors (Lipinski definition) is 4. The van der Waals surface area contributed by atoms with Gasteiger partial charge in [-0.2, -0.15) is 0 Å². The van der Waals surface area contributed by atoms with Crippen molar-refractivity contribution in [2.24, 2.45) is 0 Å². The standard InChI is InChI=1S/C10H13ClN2O3S/c1-3-4-5-12(2)10(14)8-6-7(13(15)16)9(11)17-8/h6H,3-5H2,1-2H3. The summed E-state index contributed by atoms with van der Waals surface area (Å²) in [7, 11) is 1.68. The molecule has 5 nitrogen and oxygen atoms in total. The van der Waals surface area contributed by atoms with Crippen LogP contribution >= 0.6 is 22.9 Å². The van der Waals surface area contributed by atoms with E-state index in [9.17, 15) is 14.9 Å². The summed E-state index contributed by atoms with van der Waals surface area (Å²) in [5.74, 6) is -0.224. The first-order valence-electron chi connectivity index (χ1n) is 5.16. The quantitative estimate of drug-likeness (QED) is 0.613. The highest BCUT2D eigenvalue weighted by Gasteiger charge is 2.22. The number of thiophene rings is 1. The Morgan fingerprint density at radius 1 is 1.65 bits per heavy atom. The van der Waals surface area contributed by atoms with Crippen molar-refractivity contribution in [2.45, 2.75) is 19.8 Å². The molecule has 0 radical (unpaired) electrons. The van der Waals surface area contributed by atoms with Crippen LogP contribution in [0.25, 0.3) is 0 Å². The fraction of sp³-hybridized carbons (Fsp3) is 0.500. The summed E-state index contributed by atoms with van der Waals surface area (Å²) < 4.78 is 0.0437. The Hall–Kier alpha value is -1.14. The van der Waals surface area contributed by atoms with E-state index in [0.29, 0.717) is 11.4 Å². The third-order valence-corrected chi connectivity index (χ3v) is 3.60. The highest BCUT2D eigenvalue weighted by atomic mass is 35.5. The van der Waals surface area contributed by atoms with Crippen molar-refractivity contribution >= 4 is 34.5 Å². The Bertz CT molecular complexity index is 433. The van der Waals surface area contributed by atoms with Crippen LogP contribution in [0.3, 0.4) is 0 Å². The average Bonchev–Trinajstić information content (AvgIpc) is 2.67. The number of carbonyl (C=O) groups excluding carboxylic acids is 1. The number of unbranched alkanes of at least 4 members (excludes halogenated alkanes) is 1. The van der Waals surface area contributed by atoms with Gasteiger partial charge in [-0.3, -0.25) is 14.9 Å². The third-order valence-electron chi connectivity index (χ3n) is 2.27. The van der Waals surface area contributed by atoms with E-state index in [2.05, 4.69) is 0 Å². The lowest BCUT2D eigenvalue weighted by molar-refractivity contribution is -0.384. The van der Waals surface area contributed by atoms with Crippen molar-refractivity contribution in [3.63, 3.8) is 0 Å². The van der Waals surface area contributed by atoms with Gasteiger partial charge in [0.1, 0.15) is 4.88 Å². The molecule has 0 spiro atoms. The summed E-state index contributed by atoms with van der Waals surface area (Å²) in [4.78, 5) is 23.8. The number of hydrogen-bond donors (Lipinski definition) is 0. The van der Waals surface area contributed by atoms with Crippen molar-refractivity contribution in [1.29, 1.82) is 0 Å². The van der Waals surface area contributed by atoms with Crippen LogP contribution in [0.5, 0.6) is 0 Å². The molecule has 0 aliphatic heterocycles. The minimum absolute atomic E-state index is 0.0437. The number of amides is 1. The summed E-state index contributed by atoms with van der Waals surface area (Å²) in [5.41, 5.74) is -0.205. The molecule has 1 rings (SSSR count). The molecule has 0 N–H and O–H groups in total. The SMILES string of the molecule is CCCCN(C)C(=O)c1cc([N+](=O)[O-])c(Cl)s1. The molecule has 1 aromatic rings. The first-order valence-corrected chi connectivity index (χ1v) is 6.36. The zero-order chi connectivity index (χ0) is 13.0. The Morgan fingerprint density at radius 2 is 2.29 bits per heavy atom. The lowest BCUT2D eigenvalue weighted by atomic mass is 10.3. The molecule has 0 fully saturated rings. The molecule has 1 aromatic heterocycles. The van der Waals surface area contributed by atoms with Gasteiger partial charge < -0.3 is 4.90 Å². The van der Waals surface area contributed by atoms with Crippen molar-refractivity contribution in [3.05, 3.63) is 25.4 Å². The molecule has 1 amide bonds. The van der Waals surface area contributed by atoms with Crippen molar-refractivity contribution < 1.29 is 9.72 Å². The van der Waals surface area contributed by atoms with Crippen LogP contribution in [-0.2, 0) is 0 Å². The molecule has 0 saturated carbocycles. The molecule has 1 heterocycles. The van der Waals surface area contributed by atoms with Gasteiger partial charge in [-0.15, -0.1) is 11.3 Å². The minimum Gasteiger partial charge on any atom is -0.341 e. The van der Waals surface area contributed by atoms with Gasteiger partial charge in [0.2, 0.25) is 0 Å². The molecule has 0 saturated heterocycles. The molecule has 0 bridgehead atoms. The Labute approximate surface area is 108 Å². The number of halogens is 1. The monoisotopic (exact) mass is 276 g/mol. The highest BCUT2D eigenvalue weighted by Crippen LogP contribution is 2.34. The molecule has 17 heavy (non-hydrogen) atoms. The average molecular weight is 277 g/mol. The molecular formula is C10H13ClN2O3S. The molecule has 0 aliphatic carbocycles. The van der Waals surface area contributed by atoms with E-state index in [1.165, 1.54) is 6.07 Å². The van der Waals surface area contributed by atoms with Crippen molar-refractivity contribution in [2.75, 3.05) is 13.6 Å². The molecule has 0 atom stereocenters. The first kappa shape index (κ1) is 13.9. The zero-order valence-electron chi connectivity index (χ0n) is 9.60. The number of rotatable bonds is 5. The maximum Gasteiger partial charge on any atom is 0.299 e. The minimum atomic E-state index is -0.582. The molecular weight excluding hydrogens is 264 g/mol. The van der Waals surface area contributed by atoms with Crippen LogP contribution < -0.4 is 0 Å². The van der Waals surface area contributed by atoms with E-state index >= 15 is 0 Å². The second kappa shape index (κ2) is 5.97. The van der Waals surface area contributed by atoms with Crippen molar-refractivity contribution in [1.82, 2.24) is 4.90 Å². The van der Waals surface area contributed by atoms with Gasteiger partial charge in [-0.05, 0) is 6.42 Å². The van der Waals surface area contributed by atoms with Crippen LogP contribution in [0, 0.1) is 10.1 Å². The summed E-state index contributed by atoms with van der Waals surface area (Å²) >= 11 is 6.64. The second-order valence-corrected chi connectivity index (χ2v) is 5.26. The molecule has 0 unspecified atom stereocenters. The summed E-state index contributed by atoms with van der Waals surface area (Å²) in [6.45, 7) is 2.67. The maximum atomic E-state index is 11.9. The van der Waals surface area contributed by atoms with E-state index < -0.39 is 4.92 Å². The fourth-order valence-corrected chi connectivity index (χ4v) is 2.49. The topological polar surface area (TPSA) is 63.5 Å². The van der Waals surface area contributed by atoms with E-state index in [1.54, 1.807) is 11.9 Å². The fourth-order valence-electron chi connectivity index (χ4n) is 1.27. The van der Waals surface area contributed by atoms with E-state index in [4.69, 9.17) is 11.6 Å². The largest absolute Gasteiger partial charge is 0.341 e. The van der Waals surface area contributed by atoms with Gasteiger partial charge in [0.15, 0.2) is 4.34 Å². The predicted octanol–water partition coefficient (Wildman–Crippen LogP) is 3.18. The third kappa shape index (κ3) is 3.41. The highest BCUT2D eigenvalue weighted by molar-refractivity contribution is 7.18. The number of nitrogens with zero attached hydrogens (tertiary/aromatic N) is 2. The number of carbonyl (C=O) groups is 1. The first-order chi connectivity index (χ1) is 7.97. The summed E-state index contributed by atoms with van der Waals surface area (Å²) in [6.07, 6.45) is 1.90. The van der Waals surface area contributed by atoms with Gasteiger partial charge in [0.25, 0.3) is 11.6 Å². The van der Waals surface area contributed by atoms with Gasteiger partial charge in [0.05, 0.1) is 4.92 Å². The van der Waals surface area contributed by atoms with E-state index in [-0.39, 0.29) is 15.9 Å².